The van der Waals surface area contributed by atoms with E-state index in [9.17, 15) is 0 Å². The summed E-state index contributed by atoms with van der Waals surface area (Å²) in [5.74, 6) is 0.875. The molecule has 1 fully saturated rings. The average molecular weight is 210 g/mol. The van der Waals surface area contributed by atoms with Crippen LogP contribution in [0.1, 0.15) is 36.8 Å². The molecule has 3 heteroatoms. The summed E-state index contributed by atoms with van der Waals surface area (Å²) in [4.78, 5) is 5.83. The Morgan fingerprint density at radius 1 is 1.43 bits per heavy atom. The minimum atomic E-state index is 0.591. The Labute approximate surface area is 89.8 Å². The molecule has 0 bridgehead atoms. The summed E-state index contributed by atoms with van der Waals surface area (Å²) < 4.78 is 0. The Morgan fingerprint density at radius 2 is 2.14 bits per heavy atom. The molecule has 1 heterocycles. The van der Waals surface area contributed by atoms with Gasteiger partial charge in [-0.3, -0.25) is 0 Å². The molecular weight excluding hydrogens is 192 g/mol. The number of hydrogen-bond acceptors (Lipinski definition) is 3. The molecule has 1 aromatic rings. The molecular formula is C11H18N2S. The molecule has 78 valence electrons. The Hall–Kier alpha value is -0.570. The molecule has 2 rings (SSSR count). The molecule has 14 heavy (non-hydrogen) atoms. The van der Waals surface area contributed by atoms with Gasteiger partial charge < -0.3 is 5.32 Å². The van der Waals surface area contributed by atoms with Crippen molar-refractivity contribution in [1.29, 1.82) is 0 Å². The zero-order valence-corrected chi connectivity index (χ0v) is 9.95. The second kappa shape index (κ2) is 3.89. The van der Waals surface area contributed by atoms with Crippen molar-refractivity contribution in [2.24, 2.45) is 5.92 Å². The molecule has 0 radical (unpaired) electrons. The number of nitrogens with one attached hydrogen (secondary N) is 1. The summed E-state index contributed by atoms with van der Waals surface area (Å²) in [6.45, 7) is 6.48. The highest BCUT2D eigenvalue weighted by Crippen LogP contribution is 2.32. The van der Waals surface area contributed by atoms with Crippen molar-refractivity contribution < 1.29 is 0 Å². The maximum absolute atomic E-state index is 4.50. The normalized spacial score (nSPS) is 19.1. The summed E-state index contributed by atoms with van der Waals surface area (Å²) in [5.41, 5.74) is 1.17. The van der Waals surface area contributed by atoms with E-state index in [0.717, 1.165) is 11.0 Å². The smallest absolute Gasteiger partial charge is 0.183 e. The second-order valence-electron chi connectivity index (χ2n) is 4.28. The molecule has 0 spiro atoms. The zero-order valence-electron chi connectivity index (χ0n) is 9.13. The van der Waals surface area contributed by atoms with Crippen molar-refractivity contribution in [3.05, 3.63) is 10.6 Å². The lowest BCUT2D eigenvalue weighted by Crippen LogP contribution is -2.30. The Morgan fingerprint density at radius 3 is 2.57 bits per heavy atom. The van der Waals surface area contributed by atoms with Crippen LogP contribution in [0.4, 0.5) is 5.13 Å². The molecule has 0 saturated heterocycles. The van der Waals surface area contributed by atoms with E-state index < -0.39 is 0 Å². The van der Waals surface area contributed by atoms with Gasteiger partial charge in [0.2, 0.25) is 0 Å². The number of rotatable bonds is 3. The Kier molecular flexibility index (Phi) is 2.77. The third kappa shape index (κ3) is 1.92. The lowest BCUT2D eigenvalue weighted by Gasteiger charge is -2.31. The summed E-state index contributed by atoms with van der Waals surface area (Å²) in [5, 5.41) is 4.61. The summed E-state index contributed by atoms with van der Waals surface area (Å²) in [7, 11) is 0. The highest BCUT2D eigenvalue weighted by molar-refractivity contribution is 7.15. The Bertz CT molecular complexity index is 296. The first-order chi connectivity index (χ1) is 6.66. The number of aromatic nitrogens is 1. The van der Waals surface area contributed by atoms with Gasteiger partial charge in [0, 0.05) is 10.9 Å². The van der Waals surface area contributed by atoms with Crippen molar-refractivity contribution in [2.75, 3.05) is 5.32 Å². The van der Waals surface area contributed by atoms with Crippen LogP contribution in [-0.2, 0) is 0 Å². The lowest BCUT2D eigenvalue weighted by molar-refractivity contribution is 0.285. The molecule has 1 aliphatic carbocycles. The Balaban J connectivity index is 1.95. The molecule has 1 saturated carbocycles. The highest BCUT2D eigenvalue weighted by Gasteiger charge is 2.24. The molecule has 0 aromatic carbocycles. The molecule has 0 aliphatic heterocycles. The third-order valence-corrected chi connectivity index (χ3v) is 4.24. The second-order valence-corrected chi connectivity index (χ2v) is 5.49. The van der Waals surface area contributed by atoms with Gasteiger partial charge in [-0.05, 0) is 39.5 Å². The predicted molar refractivity (Wildman–Crippen MR) is 62.0 cm³/mol. The van der Waals surface area contributed by atoms with Crippen molar-refractivity contribution in [3.8, 4) is 0 Å². The monoisotopic (exact) mass is 210 g/mol. The fourth-order valence-corrected chi connectivity index (χ4v) is 2.70. The third-order valence-electron chi connectivity index (χ3n) is 3.24. The quantitative estimate of drug-likeness (QED) is 0.827. The van der Waals surface area contributed by atoms with Crippen LogP contribution in [0.15, 0.2) is 0 Å². The summed E-state index contributed by atoms with van der Waals surface area (Å²) in [6, 6.07) is 0.591. The van der Waals surface area contributed by atoms with E-state index in [1.165, 1.54) is 29.8 Å². The fourth-order valence-electron chi connectivity index (χ4n) is 1.79. The van der Waals surface area contributed by atoms with Crippen LogP contribution in [-0.4, -0.2) is 11.0 Å². The largest absolute Gasteiger partial charge is 0.359 e. The van der Waals surface area contributed by atoms with E-state index in [0.29, 0.717) is 6.04 Å². The lowest BCUT2D eigenvalue weighted by atomic mass is 9.80. The van der Waals surface area contributed by atoms with Crippen molar-refractivity contribution >= 4 is 16.5 Å². The highest BCUT2D eigenvalue weighted by atomic mass is 32.1. The fraction of sp³-hybridized carbons (Fsp3) is 0.727. The van der Waals surface area contributed by atoms with Crippen LogP contribution in [0.5, 0.6) is 0 Å². The number of thiazole rings is 1. The SMILES string of the molecule is Cc1nc(NC(C)C2CCC2)sc1C. The van der Waals surface area contributed by atoms with Crippen LogP contribution >= 0.6 is 11.3 Å². The van der Waals surface area contributed by atoms with Gasteiger partial charge >= 0.3 is 0 Å². The maximum Gasteiger partial charge on any atom is 0.183 e. The van der Waals surface area contributed by atoms with Gasteiger partial charge in [0.15, 0.2) is 5.13 Å². The van der Waals surface area contributed by atoms with Gasteiger partial charge in [-0.15, -0.1) is 11.3 Å². The molecule has 0 amide bonds. The summed E-state index contributed by atoms with van der Waals surface area (Å²) in [6.07, 6.45) is 4.18. The van der Waals surface area contributed by atoms with E-state index in [4.69, 9.17) is 0 Å². The van der Waals surface area contributed by atoms with E-state index in [-0.39, 0.29) is 0 Å². The minimum Gasteiger partial charge on any atom is -0.359 e. The molecule has 1 N–H and O–H groups in total. The molecule has 1 atom stereocenters. The summed E-state index contributed by atoms with van der Waals surface area (Å²) >= 11 is 1.77. The first-order valence-electron chi connectivity index (χ1n) is 5.37. The van der Waals surface area contributed by atoms with E-state index in [1.807, 2.05) is 0 Å². The van der Waals surface area contributed by atoms with Crippen LogP contribution in [0.25, 0.3) is 0 Å². The van der Waals surface area contributed by atoms with Gasteiger partial charge in [0.25, 0.3) is 0 Å². The van der Waals surface area contributed by atoms with Gasteiger partial charge in [-0.1, -0.05) is 6.42 Å². The van der Waals surface area contributed by atoms with Gasteiger partial charge in [-0.25, -0.2) is 4.98 Å². The number of hydrogen-bond donors (Lipinski definition) is 1. The average Bonchev–Trinajstić information content (AvgIpc) is 2.26. The van der Waals surface area contributed by atoms with Gasteiger partial charge in [-0.2, -0.15) is 0 Å². The van der Waals surface area contributed by atoms with Gasteiger partial charge in [0.05, 0.1) is 5.69 Å². The molecule has 1 aliphatic rings. The zero-order chi connectivity index (χ0) is 10.1. The minimum absolute atomic E-state index is 0.591. The van der Waals surface area contributed by atoms with E-state index >= 15 is 0 Å². The molecule has 2 nitrogen and oxygen atoms in total. The molecule has 1 unspecified atom stereocenters. The predicted octanol–water partition coefficient (Wildman–Crippen LogP) is 3.36. The van der Waals surface area contributed by atoms with Gasteiger partial charge in [0.1, 0.15) is 0 Å². The van der Waals surface area contributed by atoms with Crippen molar-refractivity contribution in [1.82, 2.24) is 4.98 Å². The van der Waals surface area contributed by atoms with Crippen LogP contribution < -0.4 is 5.32 Å². The first kappa shape index (κ1) is 9.97. The topological polar surface area (TPSA) is 24.9 Å². The number of aryl methyl sites for hydroxylation is 2. The maximum atomic E-state index is 4.50. The van der Waals surface area contributed by atoms with Crippen LogP contribution in [0, 0.1) is 19.8 Å². The molecule has 1 aromatic heterocycles. The first-order valence-corrected chi connectivity index (χ1v) is 6.19. The van der Waals surface area contributed by atoms with Crippen molar-refractivity contribution in [3.63, 3.8) is 0 Å². The van der Waals surface area contributed by atoms with Crippen molar-refractivity contribution in [2.45, 2.75) is 46.1 Å². The standard InChI is InChI=1S/C11H18N2S/c1-7-9(3)14-11(12-7)13-8(2)10-5-4-6-10/h8,10H,4-6H2,1-3H3,(H,12,13). The van der Waals surface area contributed by atoms with E-state index in [2.05, 4.69) is 31.1 Å². The van der Waals surface area contributed by atoms with Crippen LogP contribution in [0.2, 0.25) is 0 Å². The number of nitrogens with zero attached hydrogens (tertiary/aromatic N) is 1. The van der Waals surface area contributed by atoms with E-state index in [1.54, 1.807) is 11.3 Å². The van der Waals surface area contributed by atoms with Crippen LogP contribution in [0.3, 0.4) is 0 Å². The number of anilines is 1.